The molecule has 146 valence electrons. The van der Waals surface area contributed by atoms with E-state index in [0.717, 1.165) is 38.0 Å². The Bertz CT molecular complexity index is 707. The standard InChI is InChI=1S/C21H31N5S/c1-3-22-21(24-14-17(2)19-8-12-27-16-19)25-15-18-7-9-23-20(13-18)26-10-5-4-6-11-26/h7-9,12-13,16-17H,3-6,10-11,14-15H2,1-2H3,(H2,22,24,25). The topological polar surface area (TPSA) is 52.6 Å². The van der Waals surface area contributed by atoms with E-state index in [1.165, 1.54) is 30.4 Å². The molecule has 27 heavy (non-hydrogen) atoms. The normalized spacial score (nSPS) is 16.2. The molecule has 1 atom stereocenters. The maximum Gasteiger partial charge on any atom is 0.191 e. The molecule has 1 aliphatic rings. The van der Waals surface area contributed by atoms with Gasteiger partial charge in [-0.2, -0.15) is 11.3 Å². The van der Waals surface area contributed by atoms with Gasteiger partial charge < -0.3 is 15.5 Å². The van der Waals surface area contributed by atoms with Gasteiger partial charge in [-0.15, -0.1) is 0 Å². The SMILES string of the molecule is CCNC(=NCc1ccnc(N2CCCCC2)c1)NCC(C)c1ccsc1. The minimum Gasteiger partial charge on any atom is -0.357 e. The number of guanidine groups is 1. The number of hydrogen-bond acceptors (Lipinski definition) is 4. The van der Waals surface area contributed by atoms with Crippen LogP contribution in [-0.2, 0) is 6.54 Å². The van der Waals surface area contributed by atoms with Gasteiger partial charge >= 0.3 is 0 Å². The number of rotatable bonds is 7. The first-order valence-electron chi connectivity index (χ1n) is 10.0. The molecule has 0 radical (unpaired) electrons. The van der Waals surface area contributed by atoms with Gasteiger partial charge in [-0.1, -0.05) is 6.92 Å². The summed E-state index contributed by atoms with van der Waals surface area (Å²) in [6, 6.07) is 6.45. The van der Waals surface area contributed by atoms with E-state index >= 15 is 0 Å². The summed E-state index contributed by atoms with van der Waals surface area (Å²) in [5.41, 5.74) is 2.58. The third kappa shape index (κ3) is 5.96. The molecule has 1 fully saturated rings. The number of thiophene rings is 1. The van der Waals surface area contributed by atoms with Crippen LogP contribution < -0.4 is 15.5 Å². The zero-order chi connectivity index (χ0) is 18.9. The lowest BCUT2D eigenvalue weighted by molar-refractivity contribution is 0.573. The first kappa shape index (κ1) is 19.7. The van der Waals surface area contributed by atoms with Gasteiger partial charge in [0.2, 0.25) is 0 Å². The highest BCUT2D eigenvalue weighted by Crippen LogP contribution is 2.19. The lowest BCUT2D eigenvalue weighted by Crippen LogP contribution is -2.39. The Balaban J connectivity index is 1.59. The highest BCUT2D eigenvalue weighted by molar-refractivity contribution is 7.07. The number of hydrogen-bond donors (Lipinski definition) is 2. The Morgan fingerprint density at radius 2 is 2.11 bits per heavy atom. The zero-order valence-electron chi connectivity index (χ0n) is 16.4. The third-order valence-corrected chi connectivity index (χ3v) is 5.64. The van der Waals surface area contributed by atoms with Gasteiger partial charge in [0, 0.05) is 32.4 Å². The van der Waals surface area contributed by atoms with Crippen molar-refractivity contribution in [2.45, 2.75) is 45.6 Å². The molecule has 3 heterocycles. The quantitative estimate of drug-likeness (QED) is 0.559. The molecule has 6 heteroatoms. The van der Waals surface area contributed by atoms with Gasteiger partial charge in [-0.05, 0) is 72.2 Å². The van der Waals surface area contributed by atoms with Gasteiger partial charge in [-0.3, -0.25) is 0 Å². The maximum atomic E-state index is 4.77. The predicted molar refractivity (Wildman–Crippen MR) is 116 cm³/mol. The van der Waals surface area contributed by atoms with Crippen LogP contribution in [0.4, 0.5) is 5.82 Å². The molecule has 1 saturated heterocycles. The highest BCUT2D eigenvalue weighted by atomic mass is 32.1. The summed E-state index contributed by atoms with van der Waals surface area (Å²) in [6.45, 7) is 8.96. The first-order valence-corrected chi connectivity index (χ1v) is 10.9. The molecule has 2 N–H and O–H groups in total. The molecule has 0 amide bonds. The van der Waals surface area contributed by atoms with Crippen molar-refractivity contribution in [3.05, 3.63) is 46.3 Å². The third-order valence-electron chi connectivity index (χ3n) is 4.94. The fourth-order valence-corrected chi connectivity index (χ4v) is 4.07. The smallest absolute Gasteiger partial charge is 0.191 e. The molecule has 0 aliphatic carbocycles. The molecule has 2 aromatic heterocycles. The fourth-order valence-electron chi connectivity index (χ4n) is 3.29. The Hall–Kier alpha value is -2.08. The number of anilines is 1. The Kier molecular flexibility index (Phi) is 7.51. The number of aromatic nitrogens is 1. The Morgan fingerprint density at radius 3 is 2.85 bits per heavy atom. The molecular formula is C21H31N5S. The molecule has 0 bridgehead atoms. The number of piperidine rings is 1. The van der Waals surface area contributed by atoms with E-state index in [2.05, 4.69) is 63.3 Å². The number of aliphatic imine (C=N–C) groups is 1. The second-order valence-corrected chi connectivity index (χ2v) is 7.88. The summed E-state index contributed by atoms with van der Waals surface area (Å²) in [5.74, 6) is 2.43. The summed E-state index contributed by atoms with van der Waals surface area (Å²) >= 11 is 1.75. The van der Waals surface area contributed by atoms with E-state index in [1.807, 2.05) is 6.20 Å². The van der Waals surface area contributed by atoms with Crippen LogP contribution in [0.3, 0.4) is 0 Å². The van der Waals surface area contributed by atoms with Gasteiger partial charge in [0.1, 0.15) is 5.82 Å². The zero-order valence-corrected chi connectivity index (χ0v) is 17.3. The summed E-state index contributed by atoms with van der Waals surface area (Å²) in [7, 11) is 0. The van der Waals surface area contributed by atoms with E-state index in [1.54, 1.807) is 11.3 Å². The largest absolute Gasteiger partial charge is 0.357 e. The van der Waals surface area contributed by atoms with Crippen molar-refractivity contribution >= 4 is 23.1 Å². The van der Waals surface area contributed by atoms with Crippen LogP contribution in [0.2, 0.25) is 0 Å². The van der Waals surface area contributed by atoms with Crippen molar-refractivity contribution in [3.8, 4) is 0 Å². The van der Waals surface area contributed by atoms with Gasteiger partial charge in [0.05, 0.1) is 6.54 Å². The van der Waals surface area contributed by atoms with E-state index in [9.17, 15) is 0 Å². The van der Waals surface area contributed by atoms with Crippen LogP contribution in [0.25, 0.3) is 0 Å². The van der Waals surface area contributed by atoms with E-state index in [4.69, 9.17) is 4.99 Å². The van der Waals surface area contributed by atoms with Crippen molar-refractivity contribution in [3.63, 3.8) is 0 Å². The lowest BCUT2D eigenvalue weighted by atomic mass is 10.1. The summed E-state index contributed by atoms with van der Waals surface area (Å²) in [5, 5.41) is 11.2. The minimum atomic E-state index is 0.465. The van der Waals surface area contributed by atoms with Crippen LogP contribution in [0.5, 0.6) is 0 Å². The molecule has 3 rings (SSSR count). The molecular weight excluding hydrogens is 354 g/mol. The average molecular weight is 386 g/mol. The van der Waals surface area contributed by atoms with Crippen LogP contribution in [0.15, 0.2) is 40.1 Å². The summed E-state index contributed by atoms with van der Waals surface area (Å²) in [4.78, 5) is 11.7. The summed E-state index contributed by atoms with van der Waals surface area (Å²) in [6.07, 6.45) is 5.78. The fraction of sp³-hybridized carbons (Fsp3) is 0.524. The highest BCUT2D eigenvalue weighted by Gasteiger charge is 2.12. The molecule has 0 saturated carbocycles. The van der Waals surface area contributed by atoms with Crippen molar-refractivity contribution in [1.29, 1.82) is 0 Å². The van der Waals surface area contributed by atoms with Gasteiger partial charge in [0.25, 0.3) is 0 Å². The van der Waals surface area contributed by atoms with Crippen LogP contribution in [-0.4, -0.2) is 37.1 Å². The molecule has 5 nitrogen and oxygen atoms in total. The Morgan fingerprint density at radius 1 is 1.26 bits per heavy atom. The number of nitrogens with one attached hydrogen (secondary N) is 2. The maximum absolute atomic E-state index is 4.77. The molecule has 0 aromatic carbocycles. The van der Waals surface area contributed by atoms with Gasteiger partial charge in [-0.25, -0.2) is 9.98 Å². The second kappa shape index (κ2) is 10.3. The van der Waals surface area contributed by atoms with Gasteiger partial charge in [0.15, 0.2) is 5.96 Å². The van der Waals surface area contributed by atoms with Crippen molar-refractivity contribution in [2.75, 3.05) is 31.1 Å². The predicted octanol–water partition coefficient (Wildman–Crippen LogP) is 3.99. The minimum absolute atomic E-state index is 0.465. The van der Waals surface area contributed by atoms with Crippen molar-refractivity contribution in [2.24, 2.45) is 4.99 Å². The van der Waals surface area contributed by atoms with E-state index in [0.29, 0.717) is 12.5 Å². The monoisotopic (exact) mass is 385 g/mol. The van der Waals surface area contributed by atoms with Crippen LogP contribution in [0, 0.1) is 0 Å². The van der Waals surface area contributed by atoms with E-state index < -0.39 is 0 Å². The van der Waals surface area contributed by atoms with E-state index in [-0.39, 0.29) is 0 Å². The molecule has 1 unspecified atom stereocenters. The van der Waals surface area contributed by atoms with Crippen LogP contribution >= 0.6 is 11.3 Å². The molecule has 0 spiro atoms. The molecule has 2 aromatic rings. The van der Waals surface area contributed by atoms with Crippen molar-refractivity contribution in [1.82, 2.24) is 15.6 Å². The van der Waals surface area contributed by atoms with Crippen molar-refractivity contribution < 1.29 is 0 Å². The summed E-state index contributed by atoms with van der Waals surface area (Å²) < 4.78 is 0. The molecule has 1 aliphatic heterocycles. The first-order chi connectivity index (χ1) is 13.3. The second-order valence-electron chi connectivity index (χ2n) is 7.10. The lowest BCUT2D eigenvalue weighted by Gasteiger charge is -2.27. The average Bonchev–Trinajstić information content (AvgIpc) is 3.26. The number of nitrogens with zero attached hydrogens (tertiary/aromatic N) is 3. The van der Waals surface area contributed by atoms with Crippen LogP contribution in [0.1, 0.15) is 50.2 Å². The Labute approximate surface area is 166 Å². The number of pyridine rings is 1.